The molecule has 21 heavy (non-hydrogen) atoms. The number of benzene rings is 1. The minimum Gasteiger partial charge on any atom is -0.484 e. The second-order valence-corrected chi connectivity index (χ2v) is 4.85. The van der Waals surface area contributed by atoms with Crippen molar-refractivity contribution in [2.75, 3.05) is 19.7 Å². The van der Waals surface area contributed by atoms with Crippen LogP contribution in [0.2, 0.25) is 0 Å². The molecule has 0 heterocycles. The summed E-state index contributed by atoms with van der Waals surface area (Å²) < 4.78 is 45.5. The molecule has 0 atom stereocenters. The predicted molar refractivity (Wildman–Crippen MR) is 74.2 cm³/mol. The van der Waals surface area contributed by atoms with E-state index < -0.39 is 6.36 Å². The summed E-state index contributed by atoms with van der Waals surface area (Å²) >= 11 is 2.96. The SMILES string of the molecule is CCN(CC)C(=O)COc1ccc(OC(F)(F)F)c(Br)c1. The number of hydrogen-bond donors (Lipinski definition) is 0. The Morgan fingerprint density at radius 1 is 1.29 bits per heavy atom. The fraction of sp³-hybridized carbons (Fsp3) is 0.462. The van der Waals surface area contributed by atoms with Gasteiger partial charge in [-0.15, -0.1) is 13.2 Å². The molecule has 4 nitrogen and oxygen atoms in total. The van der Waals surface area contributed by atoms with Gasteiger partial charge in [0.15, 0.2) is 6.61 Å². The molecular formula is C13H15BrF3NO3. The van der Waals surface area contributed by atoms with Gasteiger partial charge in [-0.3, -0.25) is 4.79 Å². The molecule has 0 aromatic heterocycles. The Bertz CT molecular complexity index is 490. The van der Waals surface area contributed by atoms with Crippen LogP contribution in [-0.4, -0.2) is 36.9 Å². The smallest absolute Gasteiger partial charge is 0.484 e. The van der Waals surface area contributed by atoms with Gasteiger partial charge in [0, 0.05) is 13.1 Å². The number of hydrogen-bond acceptors (Lipinski definition) is 3. The molecule has 0 spiro atoms. The molecule has 1 aromatic rings. The number of amides is 1. The van der Waals surface area contributed by atoms with Crippen molar-refractivity contribution < 1.29 is 27.4 Å². The van der Waals surface area contributed by atoms with Gasteiger partial charge in [0.05, 0.1) is 4.47 Å². The molecule has 0 aliphatic heterocycles. The largest absolute Gasteiger partial charge is 0.573 e. The van der Waals surface area contributed by atoms with Crippen LogP contribution in [0.25, 0.3) is 0 Å². The molecule has 0 N–H and O–H groups in total. The van der Waals surface area contributed by atoms with Crippen molar-refractivity contribution in [3.8, 4) is 11.5 Å². The first-order valence-electron chi connectivity index (χ1n) is 6.22. The lowest BCUT2D eigenvalue weighted by Gasteiger charge is -2.18. The highest BCUT2D eigenvalue weighted by atomic mass is 79.9. The summed E-state index contributed by atoms with van der Waals surface area (Å²) in [6.45, 7) is 4.66. The number of alkyl halides is 3. The first-order chi connectivity index (χ1) is 9.76. The van der Waals surface area contributed by atoms with Crippen molar-refractivity contribution in [2.45, 2.75) is 20.2 Å². The van der Waals surface area contributed by atoms with Crippen molar-refractivity contribution in [3.05, 3.63) is 22.7 Å². The third-order valence-electron chi connectivity index (χ3n) is 2.61. The highest BCUT2D eigenvalue weighted by molar-refractivity contribution is 9.10. The first kappa shape index (κ1) is 17.6. The van der Waals surface area contributed by atoms with Crippen LogP contribution in [0.15, 0.2) is 22.7 Å². The third-order valence-corrected chi connectivity index (χ3v) is 3.23. The molecule has 0 aliphatic carbocycles. The summed E-state index contributed by atoms with van der Waals surface area (Å²) in [5.41, 5.74) is 0. The molecule has 0 aliphatic rings. The summed E-state index contributed by atoms with van der Waals surface area (Å²) in [5.74, 6) is -0.284. The fourth-order valence-electron chi connectivity index (χ4n) is 1.59. The van der Waals surface area contributed by atoms with E-state index in [9.17, 15) is 18.0 Å². The van der Waals surface area contributed by atoms with Crippen molar-refractivity contribution in [1.29, 1.82) is 0 Å². The van der Waals surface area contributed by atoms with Gasteiger partial charge in [0.25, 0.3) is 5.91 Å². The van der Waals surface area contributed by atoms with Crippen molar-refractivity contribution in [2.24, 2.45) is 0 Å². The fourth-order valence-corrected chi connectivity index (χ4v) is 2.03. The highest BCUT2D eigenvalue weighted by Gasteiger charge is 2.32. The maximum Gasteiger partial charge on any atom is 0.573 e. The summed E-state index contributed by atoms with van der Waals surface area (Å²) in [6, 6.07) is 3.74. The molecule has 0 unspecified atom stereocenters. The molecule has 0 radical (unpaired) electrons. The normalized spacial score (nSPS) is 11.1. The van der Waals surface area contributed by atoms with Crippen LogP contribution in [0, 0.1) is 0 Å². The Hall–Kier alpha value is -1.44. The standard InChI is InChI=1S/C13H15BrF3NO3/c1-3-18(4-2)12(19)8-20-9-5-6-11(10(14)7-9)21-13(15,16)17/h5-7H,3-4,8H2,1-2H3. The number of ether oxygens (including phenoxy) is 2. The monoisotopic (exact) mass is 369 g/mol. The van der Waals surface area contributed by atoms with E-state index in [1.54, 1.807) is 4.90 Å². The summed E-state index contributed by atoms with van der Waals surface area (Å²) in [7, 11) is 0. The molecule has 0 bridgehead atoms. The predicted octanol–water partition coefficient (Wildman–Crippen LogP) is 3.59. The van der Waals surface area contributed by atoms with Crippen molar-refractivity contribution >= 4 is 21.8 Å². The van der Waals surface area contributed by atoms with Gasteiger partial charge < -0.3 is 14.4 Å². The number of likely N-dealkylation sites (N-methyl/N-ethyl adjacent to an activating group) is 1. The Balaban J connectivity index is 2.66. The second-order valence-electron chi connectivity index (χ2n) is 3.99. The lowest BCUT2D eigenvalue weighted by atomic mass is 10.3. The maximum absolute atomic E-state index is 12.1. The molecule has 118 valence electrons. The van der Waals surface area contributed by atoms with E-state index >= 15 is 0 Å². The van der Waals surface area contributed by atoms with E-state index in [2.05, 4.69) is 20.7 Å². The van der Waals surface area contributed by atoms with E-state index in [0.29, 0.717) is 13.1 Å². The Morgan fingerprint density at radius 2 is 1.90 bits per heavy atom. The lowest BCUT2D eigenvalue weighted by Crippen LogP contribution is -2.34. The van der Waals surface area contributed by atoms with Crippen LogP contribution < -0.4 is 9.47 Å². The molecule has 1 amide bonds. The highest BCUT2D eigenvalue weighted by Crippen LogP contribution is 2.33. The molecule has 0 saturated carbocycles. The van der Waals surface area contributed by atoms with Crippen LogP contribution in [0.1, 0.15) is 13.8 Å². The molecule has 0 fully saturated rings. The number of carbonyl (C=O) groups is 1. The van der Waals surface area contributed by atoms with E-state index in [-0.39, 0.29) is 28.5 Å². The first-order valence-corrected chi connectivity index (χ1v) is 7.02. The minimum atomic E-state index is -4.76. The zero-order valence-electron chi connectivity index (χ0n) is 11.5. The number of nitrogens with zero attached hydrogens (tertiary/aromatic N) is 1. The van der Waals surface area contributed by atoms with E-state index in [4.69, 9.17) is 4.74 Å². The Morgan fingerprint density at radius 3 is 2.38 bits per heavy atom. The van der Waals surface area contributed by atoms with Gasteiger partial charge >= 0.3 is 6.36 Å². The van der Waals surface area contributed by atoms with Crippen molar-refractivity contribution in [3.63, 3.8) is 0 Å². The van der Waals surface area contributed by atoms with Gasteiger partial charge in [-0.2, -0.15) is 0 Å². The van der Waals surface area contributed by atoms with E-state index in [1.165, 1.54) is 12.1 Å². The Labute approximate surface area is 128 Å². The quantitative estimate of drug-likeness (QED) is 0.768. The topological polar surface area (TPSA) is 38.8 Å². The molecule has 1 rings (SSSR count). The maximum atomic E-state index is 12.1. The summed E-state index contributed by atoms with van der Waals surface area (Å²) in [6.07, 6.45) is -4.76. The van der Waals surface area contributed by atoms with Crippen molar-refractivity contribution in [1.82, 2.24) is 4.90 Å². The minimum absolute atomic E-state index is 0.0904. The third kappa shape index (κ3) is 5.82. The van der Waals surface area contributed by atoms with E-state index in [1.807, 2.05) is 13.8 Å². The number of halogens is 4. The van der Waals surface area contributed by atoms with Crippen LogP contribution in [0.4, 0.5) is 13.2 Å². The molecule has 0 saturated heterocycles. The van der Waals surface area contributed by atoms with Gasteiger partial charge in [-0.25, -0.2) is 0 Å². The zero-order chi connectivity index (χ0) is 16.0. The van der Waals surface area contributed by atoms with Crippen LogP contribution in [-0.2, 0) is 4.79 Å². The van der Waals surface area contributed by atoms with Gasteiger partial charge in [-0.1, -0.05) is 0 Å². The number of carbonyl (C=O) groups excluding carboxylic acids is 1. The zero-order valence-corrected chi connectivity index (χ0v) is 13.1. The molecule has 8 heteroatoms. The van der Waals surface area contributed by atoms with E-state index in [0.717, 1.165) is 6.07 Å². The second kappa shape index (κ2) is 7.53. The van der Waals surface area contributed by atoms with Crippen LogP contribution in [0.3, 0.4) is 0 Å². The number of rotatable bonds is 6. The van der Waals surface area contributed by atoms with Crippen LogP contribution in [0.5, 0.6) is 11.5 Å². The van der Waals surface area contributed by atoms with Gasteiger partial charge in [0.1, 0.15) is 11.5 Å². The van der Waals surface area contributed by atoms with Gasteiger partial charge in [0.2, 0.25) is 0 Å². The lowest BCUT2D eigenvalue weighted by molar-refractivity contribution is -0.274. The molecular weight excluding hydrogens is 355 g/mol. The summed E-state index contributed by atoms with van der Waals surface area (Å²) in [4.78, 5) is 13.3. The molecule has 1 aromatic carbocycles. The van der Waals surface area contributed by atoms with Gasteiger partial charge in [-0.05, 0) is 48.0 Å². The average Bonchev–Trinajstić information content (AvgIpc) is 2.39. The summed E-state index contributed by atoms with van der Waals surface area (Å²) in [5, 5.41) is 0. The van der Waals surface area contributed by atoms with Crippen LogP contribution >= 0.6 is 15.9 Å². The Kier molecular flexibility index (Phi) is 6.32. The average molecular weight is 370 g/mol.